The highest BCUT2D eigenvalue weighted by Crippen LogP contribution is 2.32. The standard InChI is InChI=1S/C18H22O.C17H19IO.C17H21NO2.C10H14O.C8H10O.CH5N.2CH4/c1-4-8-18(16-9-6-5-7-10-16)19-17-12-11-14(2)13-15(17)3;1-13-8-9-16(14(2)12-13)19-17(10-11-18)15-6-4-3-5-7-15;1-13-12-15(19)8-9-16(13)20-17(10-11-18-2)14-6-4-3-5-7-14;1-2-6-10(11)9-7-4-3-5-8-9;1-6-3-4-8(9)7(2)5-6;1-2;;/h5-7,9-13,18H,4,8H2,1-3H3;3-9,12,17H,10-11H2,1-2H3;3-9,12,17-19H,10-11H2,1-2H3;3-5,7-8,10-11H,2,6H2,1H3;3-5,9H,1-2H3;2H2,1H3;2*1H4/t18-;2*17-;10-;;;;/m1110..../s1. The first kappa shape index (κ1) is 73.4. The van der Waals surface area contributed by atoms with Gasteiger partial charge in [0.15, 0.2) is 0 Å². The number of benzene rings is 8. The largest absolute Gasteiger partial charge is 0.508 e. The van der Waals surface area contributed by atoms with Gasteiger partial charge in [-0.05, 0) is 169 Å². The fourth-order valence-electron chi connectivity index (χ4n) is 8.53. The van der Waals surface area contributed by atoms with Crippen LogP contribution in [0.25, 0.3) is 0 Å². The van der Waals surface area contributed by atoms with E-state index in [1.165, 1.54) is 46.0 Å². The van der Waals surface area contributed by atoms with Crippen LogP contribution in [0.15, 0.2) is 194 Å². The topological polar surface area (TPSA) is 126 Å². The van der Waals surface area contributed by atoms with E-state index in [9.17, 15) is 10.2 Å². The third-order valence-corrected chi connectivity index (χ3v) is 13.4. The second-order valence-corrected chi connectivity index (χ2v) is 20.8. The Labute approximate surface area is 509 Å². The molecule has 0 heterocycles. The number of aliphatic hydroxyl groups is 1. The average molecular weight is 1230 g/mol. The Morgan fingerprint density at radius 3 is 1.11 bits per heavy atom. The fourth-order valence-corrected chi connectivity index (χ4v) is 9.10. The highest BCUT2D eigenvalue weighted by atomic mass is 127. The molecule has 0 saturated heterocycles. The number of nitrogens with one attached hydrogen (secondary N) is 1. The van der Waals surface area contributed by atoms with Crippen LogP contribution in [0.4, 0.5) is 0 Å². The van der Waals surface area contributed by atoms with Crippen molar-refractivity contribution in [3.8, 4) is 28.7 Å². The summed E-state index contributed by atoms with van der Waals surface area (Å²) >= 11 is 2.41. The summed E-state index contributed by atoms with van der Waals surface area (Å²) in [6.07, 6.45) is 5.96. The normalized spacial score (nSPS) is 11.4. The Morgan fingerprint density at radius 2 is 0.768 bits per heavy atom. The second-order valence-electron chi connectivity index (χ2n) is 19.7. The minimum absolute atomic E-state index is 0. The van der Waals surface area contributed by atoms with Gasteiger partial charge in [-0.25, -0.2) is 0 Å². The lowest BCUT2D eigenvalue weighted by molar-refractivity contribution is 0.166. The number of ether oxygens (including phenoxy) is 3. The van der Waals surface area contributed by atoms with Crippen molar-refractivity contribution in [2.45, 2.75) is 140 Å². The van der Waals surface area contributed by atoms with Crippen LogP contribution in [-0.2, 0) is 0 Å². The molecule has 0 radical (unpaired) electrons. The van der Waals surface area contributed by atoms with Gasteiger partial charge in [0.1, 0.15) is 47.1 Å². The molecular weight excluding hydrogens is 1130 g/mol. The highest BCUT2D eigenvalue weighted by Gasteiger charge is 2.16. The van der Waals surface area contributed by atoms with Gasteiger partial charge < -0.3 is 40.6 Å². The lowest BCUT2D eigenvalue weighted by Gasteiger charge is -2.21. The van der Waals surface area contributed by atoms with Crippen LogP contribution in [0.2, 0.25) is 0 Å². The molecule has 0 aliphatic carbocycles. The molecule has 0 unspecified atom stereocenters. The number of nitrogens with two attached hydrogens (primary N) is 1. The van der Waals surface area contributed by atoms with E-state index in [4.69, 9.17) is 19.3 Å². The van der Waals surface area contributed by atoms with Gasteiger partial charge >= 0.3 is 0 Å². The molecule has 8 rings (SSSR count). The molecule has 9 heteroatoms. The summed E-state index contributed by atoms with van der Waals surface area (Å²) in [7, 11) is 3.44. The van der Waals surface area contributed by atoms with Crippen molar-refractivity contribution in [2.24, 2.45) is 5.73 Å². The molecule has 82 heavy (non-hydrogen) atoms. The zero-order valence-electron chi connectivity index (χ0n) is 49.5. The van der Waals surface area contributed by atoms with Gasteiger partial charge in [-0.3, -0.25) is 0 Å². The maximum Gasteiger partial charge on any atom is 0.125 e. The summed E-state index contributed by atoms with van der Waals surface area (Å²) in [4.78, 5) is 0. The molecule has 0 bridgehead atoms. The molecule has 0 saturated carbocycles. The third-order valence-electron chi connectivity index (χ3n) is 12.8. The maximum atomic E-state index is 9.52. The molecule has 8 aromatic rings. The van der Waals surface area contributed by atoms with E-state index in [1.807, 2.05) is 107 Å². The molecule has 8 nitrogen and oxygen atoms in total. The molecule has 0 fully saturated rings. The number of alkyl halides is 1. The van der Waals surface area contributed by atoms with E-state index in [0.29, 0.717) is 5.75 Å². The number of rotatable bonds is 19. The van der Waals surface area contributed by atoms with E-state index in [-0.39, 0.29) is 45.0 Å². The number of aliphatic hydroxyl groups excluding tert-OH is 1. The molecule has 4 atom stereocenters. The van der Waals surface area contributed by atoms with Crippen LogP contribution in [0.3, 0.4) is 0 Å². The second kappa shape index (κ2) is 42.2. The summed E-state index contributed by atoms with van der Waals surface area (Å²) in [6.45, 7) is 19.4. The van der Waals surface area contributed by atoms with Crippen molar-refractivity contribution < 1.29 is 29.5 Å². The maximum absolute atomic E-state index is 9.52. The minimum Gasteiger partial charge on any atom is -0.508 e. The van der Waals surface area contributed by atoms with E-state index in [1.54, 1.807) is 18.2 Å². The predicted octanol–water partition coefficient (Wildman–Crippen LogP) is 19.3. The minimum atomic E-state index is -0.277. The van der Waals surface area contributed by atoms with Crippen LogP contribution < -0.4 is 25.3 Å². The first-order valence-electron chi connectivity index (χ1n) is 28.0. The molecule has 6 N–H and O–H groups in total. The van der Waals surface area contributed by atoms with Crippen molar-refractivity contribution in [1.82, 2.24) is 5.32 Å². The number of hydrogen-bond donors (Lipinski definition) is 5. The molecule has 0 spiro atoms. The lowest BCUT2D eigenvalue weighted by Crippen LogP contribution is -2.16. The van der Waals surface area contributed by atoms with Gasteiger partial charge in [-0.2, -0.15) is 0 Å². The number of phenols is 2. The number of aromatic hydroxyl groups is 2. The van der Waals surface area contributed by atoms with Gasteiger partial charge in [0.2, 0.25) is 0 Å². The van der Waals surface area contributed by atoms with Gasteiger partial charge in [0.05, 0.1) is 6.10 Å². The van der Waals surface area contributed by atoms with Gasteiger partial charge in [-0.1, -0.05) is 239 Å². The number of hydrogen-bond acceptors (Lipinski definition) is 8. The molecule has 0 aromatic heterocycles. The molecule has 8 aromatic carbocycles. The summed E-state index contributed by atoms with van der Waals surface area (Å²) in [5, 5.41) is 31.2. The SMILES string of the molecule is C.C.CCC[C@@H](Oc1ccc(C)cc1C)c1ccccc1.CCC[C@H](O)c1ccccc1.CN.CNCC[C@@H](Oc1ccc(O)cc1C)c1ccccc1.Cc1ccc(O)c(C)c1.Cc1ccc(O[C@H](CCI)c2ccccc2)c(C)c1. The van der Waals surface area contributed by atoms with Crippen LogP contribution >= 0.6 is 22.6 Å². The molecule has 0 aliphatic rings. The van der Waals surface area contributed by atoms with Gasteiger partial charge in [0.25, 0.3) is 0 Å². The van der Waals surface area contributed by atoms with Crippen LogP contribution in [-0.4, -0.2) is 40.4 Å². The number of phenolic OH excluding ortho intramolecular Hbond substituents is 2. The monoisotopic (exact) mass is 1230 g/mol. The average Bonchev–Trinajstić information content (AvgIpc) is 3.54. The van der Waals surface area contributed by atoms with Crippen LogP contribution in [0.5, 0.6) is 28.7 Å². The predicted molar refractivity (Wildman–Crippen MR) is 359 cm³/mol. The van der Waals surface area contributed by atoms with Crippen molar-refractivity contribution in [3.05, 3.63) is 255 Å². The molecule has 0 amide bonds. The molecular formula is C73H99IN2O6. The zero-order chi connectivity index (χ0) is 58.7. The van der Waals surface area contributed by atoms with Crippen molar-refractivity contribution in [1.29, 1.82) is 0 Å². The third kappa shape index (κ3) is 27.4. The van der Waals surface area contributed by atoms with E-state index in [2.05, 4.69) is 172 Å². The zero-order valence-corrected chi connectivity index (χ0v) is 51.6. The highest BCUT2D eigenvalue weighted by molar-refractivity contribution is 14.1. The van der Waals surface area contributed by atoms with E-state index in [0.717, 1.165) is 89.0 Å². The van der Waals surface area contributed by atoms with Crippen molar-refractivity contribution >= 4 is 22.6 Å². The smallest absolute Gasteiger partial charge is 0.125 e. The Hall–Kier alpha value is -6.63. The Bertz CT molecular complexity index is 2790. The van der Waals surface area contributed by atoms with Crippen molar-refractivity contribution in [3.63, 3.8) is 0 Å². The Morgan fingerprint density at radius 1 is 0.427 bits per heavy atom. The Kier molecular flexibility index (Phi) is 37.8. The first-order chi connectivity index (χ1) is 38.6. The van der Waals surface area contributed by atoms with Crippen LogP contribution in [0, 0.1) is 48.5 Å². The van der Waals surface area contributed by atoms with Crippen molar-refractivity contribution in [2.75, 3.05) is 25.1 Å². The quantitative estimate of drug-likeness (QED) is 0.0400. The Balaban J connectivity index is 0.000000518. The summed E-state index contributed by atoms with van der Waals surface area (Å²) in [5.41, 5.74) is 17.2. The van der Waals surface area contributed by atoms with E-state index >= 15 is 0 Å². The molecule has 0 aliphatic heterocycles. The summed E-state index contributed by atoms with van der Waals surface area (Å²) in [6, 6.07) is 64.4. The fraction of sp³-hybridized carbons (Fsp3) is 0.342. The lowest BCUT2D eigenvalue weighted by atomic mass is 10.0. The van der Waals surface area contributed by atoms with Gasteiger partial charge in [0, 0.05) is 10.8 Å². The number of halogens is 1. The first-order valence-corrected chi connectivity index (χ1v) is 29.5. The summed E-state index contributed by atoms with van der Waals surface area (Å²) < 4.78 is 19.7. The number of aryl methyl sites for hydroxylation is 7. The van der Waals surface area contributed by atoms with Gasteiger partial charge in [-0.15, -0.1) is 0 Å². The van der Waals surface area contributed by atoms with Crippen LogP contribution in [0.1, 0.15) is 153 Å². The molecule has 444 valence electrons. The summed E-state index contributed by atoms with van der Waals surface area (Å²) in [5.74, 6) is 3.44. The van der Waals surface area contributed by atoms with E-state index < -0.39 is 0 Å².